The normalized spacial score (nSPS) is 11.0. The molecule has 0 saturated carbocycles. The molecule has 0 fully saturated rings. The standard InChI is InChI=1S/C13H10BClFN3O2/c15-12-11-10(16)6-19(13(11)18-7-17-12)5-8-1-3-9(4-2-8)14(20)21/h1-4,6-7,20-21H,5H2. The molecular formula is C13H10BClFN3O2. The Balaban J connectivity index is 1.97. The lowest BCUT2D eigenvalue weighted by Gasteiger charge is -2.06. The van der Waals surface area contributed by atoms with Crippen LogP contribution in [0.15, 0.2) is 36.8 Å². The minimum atomic E-state index is -1.50. The van der Waals surface area contributed by atoms with Gasteiger partial charge < -0.3 is 14.6 Å². The number of halogens is 2. The molecule has 3 rings (SSSR count). The molecule has 0 aliphatic rings. The van der Waals surface area contributed by atoms with Gasteiger partial charge in [0.25, 0.3) is 0 Å². The van der Waals surface area contributed by atoms with E-state index in [1.807, 2.05) is 0 Å². The fourth-order valence-electron chi connectivity index (χ4n) is 2.15. The molecule has 0 amide bonds. The molecule has 1 aromatic carbocycles. The summed E-state index contributed by atoms with van der Waals surface area (Å²) in [4.78, 5) is 7.82. The summed E-state index contributed by atoms with van der Waals surface area (Å²) < 4.78 is 15.5. The van der Waals surface area contributed by atoms with Crippen LogP contribution in [0.4, 0.5) is 4.39 Å². The van der Waals surface area contributed by atoms with E-state index in [1.165, 1.54) is 12.5 Å². The quantitative estimate of drug-likeness (QED) is 0.558. The molecule has 3 aromatic rings. The van der Waals surface area contributed by atoms with Gasteiger partial charge in [-0.1, -0.05) is 35.9 Å². The average Bonchev–Trinajstić information content (AvgIpc) is 2.77. The Morgan fingerprint density at radius 1 is 1.19 bits per heavy atom. The number of rotatable bonds is 3. The van der Waals surface area contributed by atoms with E-state index in [4.69, 9.17) is 21.6 Å². The second-order valence-corrected chi connectivity index (χ2v) is 4.94. The van der Waals surface area contributed by atoms with Crippen molar-refractivity contribution in [2.75, 3.05) is 0 Å². The van der Waals surface area contributed by atoms with Crippen molar-refractivity contribution < 1.29 is 14.4 Å². The molecule has 0 bridgehead atoms. The van der Waals surface area contributed by atoms with Crippen LogP contribution in [0.5, 0.6) is 0 Å². The predicted octanol–water partition coefficient (Wildman–Crippen LogP) is 0.952. The number of aromatic nitrogens is 3. The van der Waals surface area contributed by atoms with E-state index in [9.17, 15) is 4.39 Å². The lowest BCUT2D eigenvalue weighted by Crippen LogP contribution is -2.29. The first-order valence-electron chi connectivity index (χ1n) is 6.16. The van der Waals surface area contributed by atoms with E-state index in [-0.39, 0.29) is 10.5 Å². The summed E-state index contributed by atoms with van der Waals surface area (Å²) in [6.07, 6.45) is 2.60. The zero-order chi connectivity index (χ0) is 15.0. The van der Waals surface area contributed by atoms with E-state index >= 15 is 0 Å². The largest absolute Gasteiger partial charge is 0.488 e. The summed E-state index contributed by atoms with van der Waals surface area (Å²) in [6.45, 7) is 0.384. The van der Waals surface area contributed by atoms with Gasteiger partial charge in [-0.15, -0.1) is 0 Å². The van der Waals surface area contributed by atoms with Crippen molar-refractivity contribution in [2.24, 2.45) is 0 Å². The van der Waals surface area contributed by atoms with Crippen molar-refractivity contribution in [1.82, 2.24) is 14.5 Å². The summed E-state index contributed by atoms with van der Waals surface area (Å²) >= 11 is 5.87. The van der Waals surface area contributed by atoms with Crippen molar-refractivity contribution >= 4 is 35.2 Å². The number of benzene rings is 1. The Hall–Kier alpha value is -1.96. The van der Waals surface area contributed by atoms with Crippen molar-refractivity contribution in [3.63, 3.8) is 0 Å². The summed E-state index contributed by atoms with van der Waals surface area (Å²) in [5.41, 5.74) is 1.68. The van der Waals surface area contributed by atoms with Gasteiger partial charge in [0.1, 0.15) is 17.1 Å². The van der Waals surface area contributed by atoms with Gasteiger partial charge in [0.05, 0.1) is 5.39 Å². The summed E-state index contributed by atoms with van der Waals surface area (Å²) in [5.74, 6) is -0.474. The minimum absolute atomic E-state index is 0.0787. The molecule has 2 N–H and O–H groups in total. The van der Waals surface area contributed by atoms with Gasteiger partial charge in [-0.3, -0.25) is 0 Å². The molecular weight excluding hydrogens is 295 g/mol. The molecule has 0 atom stereocenters. The van der Waals surface area contributed by atoms with E-state index in [0.29, 0.717) is 17.7 Å². The van der Waals surface area contributed by atoms with E-state index in [0.717, 1.165) is 5.56 Å². The van der Waals surface area contributed by atoms with Crippen LogP contribution in [0.3, 0.4) is 0 Å². The van der Waals surface area contributed by atoms with Crippen molar-refractivity contribution in [1.29, 1.82) is 0 Å². The Morgan fingerprint density at radius 3 is 2.57 bits per heavy atom. The van der Waals surface area contributed by atoms with Crippen LogP contribution in [-0.4, -0.2) is 31.7 Å². The van der Waals surface area contributed by atoms with Gasteiger partial charge >= 0.3 is 7.12 Å². The molecule has 21 heavy (non-hydrogen) atoms. The molecule has 0 spiro atoms. The molecule has 2 aromatic heterocycles. The Morgan fingerprint density at radius 2 is 1.90 bits per heavy atom. The zero-order valence-corrected chi connectivity index (χ0v) is 11.5. The van der Waals surface area contributed by atoms with Gasteiger partial charge in [0.2, 0.25) is 0 Å². The molecule has 0 radical (unpaired) electrons. The molecule has 0 aliphatic carbocycles. The third kappa shape index (κ3) is 2.63. The van der Waals surface area contributed by atoms with Crippen LogP contribution in [0.1, 0.15) is 5.56 Å². The van der Waals surface area contributed by atoms with Crippen LogP contribution in [0, 0.1) is 5.82 Å². The summed E-state index contributed by atoms with van der Waals surface area (Å²) in [5, 5.41) is 18.4. The molecule has 106 valence electrons. The highest BCUT2D eigenvalue weighted by Gasteiger charge is 2.14. The highest BCUT2D eigenvalue weighted by atomic mass is 35.5. The number of hydrogen-bond donors (Lipinski definition) is 2. The van der Waals surface area contributed by atoms with Gasteiger partial charge in [0.15, 0.2) is 5.82 Å². The van der Waals surface area contributed by atoms with Gasteiger partial charge in [0, 0.05) is 12.7 Å². The van der Waals surface area contributed by atoms with Crippen molar-refractivity contribution in [3.8, 4) is 0 Å². The summed E-state index contributed by atoms with van der Waals surface area (Å²) in [7, 11) is -1.50. The second kappa shape index (κ2) is 5.44. The fourth-order valence-corrected chi connectivity index (χ4v) is 2.37. The number of fused-ring (bicyclic) bond motifs is 1. The van der Waals surface area contributed by atoms with Crippen molar-refractivity contribution in [2.45, 2.75) is 6.54 Å². The third-order valence-electron chi connectivity index (χ3n) is 3.19. The topological polar surface area (TPSA) is 71.2 Å². The summed E-state index contributed by atoms with van der Waals surface area (Å²) in [6, 6.07) is 6.68. The smallest absolute Gasteiger partial charge is 0.423 e. The SMILES string of the molecule is OB(O)c1ccc(Cn2cc(F)c3c(Cl)ncnc32)cc1. The number of nitrogens with zero attached hydrogens (tertiary/aromatic N) is 3. The second-order valence-electron chi connectivity index (χ2n) is 4.58. The first-order chi connectivity index (χ1) is 10.1. The van der Waals surface area contributed by atoms with Crippen LogP contribution >= 0.6 is 11.6 Å². The Bertz CT molecular complexity index is 792. The maximum Gasteiger partial charge on any atom is 0.488 e. The van der Waals surface area contributed by atoms with E-state index < -0.39 is 12.9 Å². The first-order valence-corrected chi connectivity index (χ1v) is 6.54. The molecule has 2 heterocycles. The Kier molecular flexibility index (Phi) is 3.63. The van der Waals surface area contributed by atoms with Crippen LogP contribution in [0.25, 0.3) is 11.0 Å². The van der Waals surface area contributed by atoms with Gasteiger partial charge in [-0.25, -0.2) is 14.4 Å². The van der Waals surface area contributed by atoms with Crippen molar-refractivity contribution in [3.05, 3.63) is 53.3 Å². The number of hydrogen-bond acceptors (Lipinski definition) is 4. The van der Waals surface area contributed by atoms with Gasteiger partial charge in [-0.2, -0.15) is 0 Å². The minimum Gasteiger partial charge on any atom is -0.423 e. The highest BCUT2D eigenvalue weighted by molar-refractivity contribution is 6.58. The zero-order valence-electron chi connectivity index (χ0n) is 10.7. The predicted molar refractivity (Wildman–Crippen MR) is 77.9 cm³/mol. The average molecular weight is 306 g/mol. The van der Waals surface area contributed by atoms with Gasteiger partial charge in [-0.05, 0) is 11.0 Å². The van der Waals surface area contributed by atoms with Crippen LogP contribution in [-0.2, 0) is 6.54 Å². The maximum atomic E-state index is 13.9. The lowest BCUT2D eigenvalue weighted by atomic mass is 9.80. The molecule has 0 saturated heterocycles. The van der Waals surface area contributed by atoms with Crippen LogP contribution in [0.2, 0.25) is 5.15 Å². The maximum absolute atomic E-state index is 13.9. The van der Waals surface area contributed by atoms with E-state index in [2.05, 4.69) is 9.97 Å². The third-order valence-corrected chi connectivity index (χ3v) is 3.48. The highest BCUT2D eigenvalue weighted by Crippen LogP contribution is 2.24. The molecule has 8 heteroatoms. The molecule has 0 unspecified atom stereocenters. The molecule has 5 nitrogen and oxygen atoms in total. The lowest BCUT2D eigenvalue weighted by molar-refractivity contribution is 0.426. The van der Waals surface area contributed by atoms with Crippen LogP contribution < -0.4 is 5.46 Å². The monoisotopic (exact) mass is 305 g/mol. The van der Waals surface area contributed by atoms with E-state index in [1.54, 1.807) is 28.8 Å². The fraction of sp³-hybridized carbons (Fsp3) is 0.0769. The Labute approximate surface area is 124 Å². The first kappa shape index (κ1) is 14.0. The molecule has 0 aliphatic heterocycles.